The van der Waals surface area contributed by atoms with E-state index in [1.54, 1.807) is 0 Å². The van der Waals surface area contributed by atoms with Gasteiger partial charge in [0.2, 0.25) is 0 Å². The quantitative estimate of drug-likeness (QED) is 0.917. The van der Waals surface area contributed by atoms with E-state index in [0.717, 1.165) is 31.0 Å². The molecule has 2 aliphatic rings. The summed E-state index contributed by atoms with van der Waals surface area (Å²) in [5.41, 5.74) is 0.142. The Morgan fingerprint density at radius 2 is 2.19 bits per heavy atom. The van der Waals surface area contributed by atoms with E-state index in [0.29, 0.717) is 12.0 Å². The lowest BCUT2D eigenvalue weighted by atomic mass is 9.78. The third-order valence-electron chi connectivity index (χ3n) is 5.05. The summed E-state index contributed by atoms with van der Waals surface area (Å²) in [4.78, 5) is 0. The fourth-order valence-electron chi connectivity index (χ4n) is 3.80. The minimum absolute atomic E-state index is 0.142. The van der Waals surface area contributed by atoms with Crippen LogP contribution >= 0.6 is 11.8 Å². The van der Waals surface area contributed by atoms with Crippen LogP contribution < -0.4 is 5.32 Å². The lowest BCUT2D eigenvalue weighted by Crippen LogP contribution is -2.45. The van der Waals surface area contributed by atoms with Gasteiger partial charge in [0.05, 0.1) is 11.6 Å². The maximum absolute atomic E-state index is 6.22. The van der Waals surface area contributed by atoms with Crippen LogP contribution in [0.25, 0.3) is 0 Å². The third kappa shape index (κ3) is 3.33. The Morgan fingerprint density at radius 3 is 2.86 bits per heavy atom. The van der Waals surface area contributed by atoms with Crippen LogP contribution in [0.2, 0.25) is 0 Å². The van der Waals surface area contributed by atoms with Crippen molar-refractivity contribution in [2.75, 3.05) is 25.2 Å². The van der Waals surface area contributed by atoms with Crippen LogP contribution in [0.1, 0.15) is 50.2 Å². The lowest BCUT2D eigenvalue weighted by molar-refractivity contribution is -0.108. The summed E-state index contributed by atoms with van der Waals surface area (Å²) in [6.45, 7) is 3.04. The van der Waals surface area contributed by atoms with E-state index < -0.39 is 0 Å². The molecule has 3 nitrogen and oxygen atoms in total. The zero-order valence-corrected chi connectivity index (χ0v) is 14.0. The molecule has 0 amide bonds. The number of furan rings is 1. The molecule has 2 saturated heterocycles. The van der Waals surface area contributed by atoms with Crippen LogP contribution in [0.5, 0.6) is 0 Å². The van der Waals surface area contributed by atoms with Gasteiger partial charge in [-0.25, -0.2) is 0 Å². The van der Waals surface area contributed by atoms with Crippen molar-refractivity contribution in [3.63, 3.8) is 0 Å². The molecule has 2 unspecified atom stereocenters. The highest BCUT2D eigenvalue weighted by Crippen LogP contribution is 2.43. The van der Waals surface area contributed by atoms with Crippen molar-refractivity contribution in [2.45, 2.75) is 50.7 Å². The standard InChI is InChI=1S/C17H27NO2S/c1-3-14-4-5-15(20-14)16(18-2)13-6-9-19-17(12-13)7-10-21-11-8-17/h4-5,13,16,18H,3,6-12H2,1-2H3. The predicted octanol–water partition coefficient (Wildman–Crippen LogP) is 3.79. The van der Waals surface area contributed by atoms with Gasteiger partial charge in [-0.2, -0.15) is 11.8 Å². The zero-order chi connectivity index (χ0) is 14.7. The van der Waals surface area contributed by atoms with Crippen molar-refractivity contribution in [3.05, 3.63) is 23.7 Å². The first kappa shape index (κ1) is 15.4. The molecule has 2 atom stereocenters. The average Bonchev–Trinajstić information content (AvgIpc) is 2.98. The molecular weight excluding hydrogens is 282 g/mol. The van der Waals surface area contributed by atoms with E-state index in [-0.39, 0.29) is 5.60 Å². The molecule has 0 aromatic carbocycles. The molecule has 2 fully saturated rings. The molecule has 4 heteroatoms. The van der Waals surface area contributed by atoms with Crippen molar-refractivity contribution in [1.82, 2.24) is 5.32 Å². The Hall–Kier alpha value is -0.450. The van der Waals surface area contributed by atoms with E-state index >= 15 is 0 Å². The van der Waals surface area contributed by atoms with Gasteiger partial charge in [-0.3, -0.25) is 0 Å². The summed E-state index contributed by atoms with van der Waals surface area (Å²) in [6, 6.07) is 4.59. The van der Waals surface area contributed by atoms with Gasteiger partial charge < -0.3 is 14.5 Å². The van der Waals surface area contributed by atoms with Gasteiger partial charge in [-0.05, 0) is 62.3 Å². The Morgan fingerprint density at radius 1 is 1.38 bits per heavy atom. The molecule has 1 aromatic rings. The maximum atomic E-state index is 6.22. The summed E-state index contributed by atoms with van der Waals surface area (Å²) < 4.78 is 12.2. The van der Waals surface area contributed by atoms with Crippen LogP contribution in [-0.4, -0.2) is 30.8 Å². The highest BCUT2D eigenvalue weighted by Gasteiger charge is 2.41. The van der Waals surface area contributed by atoms with Crippen LogP contribution in [0, 0.1) is 5.92 Å². The lowest BCUT2D eigenvalue weighted by Gasteiger charge is -2.45. The van der Waals surface area contributed by atoms with Crippen LogP contribution in [-0.2, 0) is 11.2 Å². The number of rotatable bonds is 4. The van der Waals surface area contributed by atoms with Gasteiger partial charge in [-0.1, -0.05) is 6.92 Å². The number of aryl methyl sites for hydroxylation is 1. The first-order valence-electron chi connectivity index (χ1n) is 8.24. The summed E-state index contributed by atoms with van der Waals surface area (Å²) in [5, 5.41) is 3.49. The molecule has 0 saturated carbocycles. The molecule has 1 aromatic heterocycles. The maximum Gasteiger partial charge on any atom is 0.121 e. The monoisotopic (exact) mass is 309 g/mol. The first-order valence-corrected chi connectivity index (χ1v) is 9.39. The van der Waals surface area contributed by atoms with Crippen molar-refractivity contribution in [2.24, 2.45) is 5.92 Å². The highest BCUT2D eigenvalue weighted by atomic mass is 32.2. The summed E-state index contributed by atoms with van der Waals surface area (Å²) in [6.07, 6.45) is 5.68. The number of thioether (sulfide) groups is 1. The van der Waals surface area contributed by atoms with Crippen molar-refractivity contribution >= 4 is 11.8 Å². The first-order chi connectivity index (χ1) is 10.3. The molecule has 3 heterocycles. The second kappa shape index (κ2) is 6.76. The second-order valence-electron chi connectivity index (χ2n) is 6.32. The van der Waals surface area contributed by atoms with E-state index in [4.69, 9.17) is 9.15 Å². The van der Waals surface area contributed by atoms with Gasteiger partial charge in [0.25, 0.3) is 0 Å². The minimum atomic E-state index is 0.142. The molecule has 0 aliphatic carbocycles. The number of ether oxygens (including phenoxy) is 1. The largest absolute Gasteiger partial charge is 0.464 e. The van der Waals surface area contributed by atoms with Gasteiger partial charge in [0.15, 0.2) is 0 Å². The normalized spacial score (nSPS) is 26.9. The van der Waals surface area contributed by atoms with E-state index in [1.807, 2.05) is 0 Å². The second-order valence-corrected chi connectivity index (χ2v) is 7.55. The molecular formula is C17H27NO2S. The summed E-state index contributed by atoms with van der Waals surface area (Å²) in [5.74, 6) is 5.29. The Balaban J connectivity index is 1.73. The highest BCUT2D eigenvalue weighted by molar-refractivity contribution is 7.99. The molecule has 118 valence electrons. The minimum Gasteiger partial charge on any atom is -0.464 e. The number of hydrogen-bond donors (Lipinski definition) is 1. The summed E-state index contributed by atoms with van der Waals surface area (Å²) in [7, 11) is 2.05. The number of nitrogens with one attached hydrogen (secondary N) is 1. The van der Waals surface area contributed by atoms with Crippen LogP contribution in [0.15, 0.2) is 16.5 Å². The Kier molecular flexibility index (Phi) is 4.97. The molecule has 1 N–H and O–H groups in total. The fourth-order valence-corrected chi connectivity index (χ4v) is 5.04. The Bertz CT molecular complexity index is 448. The molecule has 3 rings (SSSR count). The van der Waals surface area contributed by atoms with Gasteiger partial charge >= 0.3 is 0 Å². The summed E-state index contributed by atoms with van der Waals surface area (Å²) >= 11 is 2.07. The van der Waals surface area contributed by atoms with Gasteiger partial charge in [0, 0.05) is 13.0 Å². The molecule has 2 aliphatic heterocycles. The van der Waals surface area contributed by atoms with Crippen molar-refractivity contribution < 1.29 is 9.15 Å². The molecule has 0 bridgehead atoms. The third-order valence-corrected chi connectivity index (χ3v) is 6.04. The zero-order valence-electron chi connectivity index (χ0n) is 13.2. The predicted molar refractivity (Wildman–Crippen MR) is 87.9 cm³/mol. The van der Waals surface area contributed by atoms with E-state index in [2.05, 4.69) is 43.2 Å². The van der Waals surface area contributed by atoms with Gasteiger partial charge in [0.1, 0.15) is 11.5 Å². The van der Waals surface area contributed by atoms with Gasteiger partial charge in [-0.15, -0.1) is 0 Å². The van der Waals surface area contributed by atoms with Crippen molar-refractivity contribution in [3.8, 4) is 0 Å². The number of hydrogen-bond acceptors (Lipinski definition) is 4. The fraction of sp³-hybridized carbons (Fsp3) is 0.765. The SMILES string of the molecule is CCc1ccc(C(NC)C2CCOC3(CCSCC3)C2)o1. The smallest absolute Gasteiger partial charge is 0.121 e. The topological polar surface area (TPSA) is 34.4 Å². The van der Waals surface area contributed by atoms with Crippen LogP contribution in [0.4, 0.5) is 0 Å². The van der Waals surface area contributed by atoms with Crippen LogP contribution in [0.3, 0.4) is 0 Å². The molecule has 0 radical (unpaired) electrons. The average molecular weight is 309 g/mol. The van der Waals surface area contributed by atoms with Crippen molar-refractivity contribution in [1.29, 1.82) is 0 Å². The Labute approximate surface area is 132 Å². The van der Waals surface area contributed by atoms with E-state index in [9.17, 15) is 0 Å². The molecule has 21 heavy (non-hydrogen) atoms. The molecule has 1 spiro atoms. The van der Waals surface area contributed by atoms with E-state index in [1.165, 1.54) is 30.8 Å².